The summed E-state index contributed by atoms with van der Waals surface area (Å²) in [5.74, 6) is 0. The van der Waals surface area contributed by atoms with Gasteiger partial charge in [0.05, 0.1) is 0 Å². The van der Waals surface area contributed by atoms with Gasteiger partial charge in [-0.05, 0) is 72.0 Å². The Morgan fingerprint density at radius 1 is 0.750 bits per heavy atom. The van der Waals surface area contributed by atoms with Crippen molar-refractivity contribution in [3.05, 3.63) is 69.9 Å². The maximum Gasteiger partial charge on any atom is -0.00767 e. The van der Waals surface area contributed by atoms with E-state index in [0.717, 1.165) is 0 Å². The molecule has 0 spiro atoms. The summed E-state index contributed by atoms with van der Waals surface area (Å²) in [7, 11) is 0. The molecule has 20 heavy (non-hydrogen) atoms. The smallest absolute Gasteiger partial charge is 0.00767 e. The first kappa shape index (κ1) is 12.2. The second kappa shape index (κ2) is 5.09. The predicted octanol–water partition coefficient (Wildman–Crippen LogP) is 5.72. The molecule has 0 aromatic carbocycles. The van der Waals surface area contributed by atoms with Crippen molar-refractivity contribution in [2.24, 2.45) is 0 Å². The van der Waals surface area contributed by atoms with E-state index in [2.05, 4.69) is 36.5 Å². The average molecular weight is 262 g/mol. The maximum absolute atomic E-state index is 2.51. The van der Waals surface area contributed by atoms with Gasteiger partial charge in [-0.2, -0.15) is 0 Å². The van der Waals surface area contributed by atoms with Crippen LogP contribution < -0.4 is 0 Å². The molecule has 0 radical (unpaired) electrons. The average Bonchev–Trinajstić information content (AvgIpc) is 2.68. The molecule has 0 aliphatic heterocycles. The molecule has 0 heterocycles. The first-order valence-electron chi connectivity index (χ1n) is 8.17. The molecule has 0 nitrogen and oxygen atoms in total. The second-order valence-electron chi connectivity index (χ2n) is 6.25. The lowest BCUT2D eigenvalue weighted by atomic mass is 9.85. The van der Waals surface area contributed by atoms with Crippen LogP contribution in [0.5, 0.6) is 0 Å². The largest absolute Gasteiger partial charge is 0.0760 e. The van der Waals surface area contributed by atoms with Gasteiger partial charge in [-0.15, -0.1) is 0 Å². The van der Waals surface area contributed by atoms with Crippen molar-refractivity contribution in [2.45, 2.75) is 51.4 Å². The summed E-state index contributed by atoms with van der Waals surface area (Å²) in [6.07, 6.45) is 24.4. The normalized spacial score (nSPS) is 25.2. The van der Waals surface area contributed by atoms with Gasteiger partial charge in [0.15, 0.2) is 0 Å². The van der Waals surface area contributed by atoms with Crippen LogP contribution in [0.1, 0.15) is 51.4 Å². The van der Waals surface area contributed by atoms with E-state index in [-0.39, 0.29) is 0 Å². The molecule has 0 atom stereocenters. The van der Waals surface area contributed by atoms with E-state index in [4.69, 9.17) is 0 Å². The second-order valence-corrected chi connectivity index (χ2v) is 6.25. The van der Waals surface area contributed by atoms with Crippen molar-refractivity contribution < 1.29 is 0 Å². The van der Waals surface area contributed by atoms with Gasteiger partial charge < -0.3 is 0 Å². The van der Waals surface area contributed by atoms with Crippen LogP contribution >= 0.6 is 0 Å². The highest BCUT2D eigenvalue weighted by Gasteiger charge is 2.31. The maximum atomic E-state index is 2.51. The molecule has 0 N–H and O–H groups in total. The summed E-state index contributed by atoms with van der Waals surface area (Å²) in [6, 6.07) is 0. The number of hydrogen-bond donors (Lipinski definition) is 0. The van der Waals surface area contributed by atoms with Gasteiger partial charge in [-0.3, -0.25) is 0 Å². The molecule has 102 valence electrons. The highest BCUT2D eigenvalue weighted by Crippen LogP contribution is 2.49. The molecule has 0 fully saturated rings. The third-order valence-corrected chi connectivity index (χ3v) is 5.02. The minimum Gasteiger partial charge on any atom is -0.0760 e. The Balaban J connectivity index is 1.89. The predicted molar refractivity (Wildman–Crippen MR) is 85.4 cm³/mol. The van der Waals surface area contributed by atoms with Gasteiger partial charge in [0.2, 0.25) is 0 Å². The van der Waals surface area contributed by atoms with Crippen molar-refractivity contribution in [3.8, 4) is 0 Å². The molecular formula is C20H22. The van der Waals surface area contributed by atoms with Gasteiger partial charge in [-0.25, -0.2) is 0 Å². The summed E-state index contributed by atoms with van der Waals surface area (Å²) in [6.45, 7) is 0. The molecule has 0 saturated carbocycles. The molecule has 4 rings (SSSR count). The number of fused-ring (bicyclic) bond motifs is 2. The zero-order valence-electron chi connectivity index (χ0n) is 12.1. The summed E-state index contributed by atoms with van der Waals surface area (Å²) in [5, 5.41) is 0. The summed E-state index contributed by atoms with van der Waals surface area (Å²) < 4.78 is 0. The van der Waals surface area contributed by atoms with Crippen LogP contribution in [0.25, 0.3) is 0 Å². The van der Waals surface area contributed by atoms with Crippen LogP contribution in [0.4, 0.5) is 0 Å². The first-order chi connectivity index (χ1) is 9.95. The fraction of sp³-hybridized carbons (Fsp3) is 0.400. The summed E-state index contributed by atoms with van der Waals surface area (Å²) >= 11 is 0. The third-order valence-electron chi connectivity index (χ3n) is 5.02. The first-order valence-corrected chi connectivity index (χ1v) is 8.17. The molecule has 0 amide bonds. The topological polar surface area (TPSA) is 0 Å². The van der Waals surface area contributed by atoms with Gasteiger partial charge >= 0.3 is 0 Å². The Morgan fingerprint density at radius 2 is 1.60 bits per heavy atom. The van der Waals surface area contributed by atoms with Crippen LogP contribution in [0, 0.1) is 0 Å². The highest BCUT2D eigenvalue weighted by molar-refractivity contribution is 5.74. The Labute approximate surface area is 122 Å². The van der Waals surface area contributed by atoms with E-state index in [1.54, 1.807) is 33.4 Å². The van der Waals surface area contributed by atoms with Gasteiger partial charge in [0, 0.05) is 0 Å². The molecule has 4 aliphatic rings. The van der Waals surface area contributed by atoms with Crippen LogP contribution in [0.3, 0.4) is 0 Å². The zero-order chi connectivity index (χ0) is 13.4. The lowest BCUT2D eigenvalue weighted by Gasteiger charge is -2.20. The summed E-state index contributed by atoms with van der Waals surface area (Å²) in [5.41, 5.74) is 9.63. The summed E-state index contributed by atoms with van der Waals surface area (Å²) in [4.78, 5) is 0. The Hall–Kier alpha value is -1.56. The lowest BCUT2D eigenvalue weighted by Crippen LogP contribution is -2.01. The van der Waals surface area contributed by atoms with Crippen molar-refractivity contribution in [2.75, 3.05) is 0 Å². The lowest BCUT2D eigenvalue weighted by molar-refractivity contribution is 0.620. The van der Waals surface area contributed by atoms with Crippen LogP contribution in [-0.2, 0) is 0 Å². The minimum atomic E-state index is 1.21. The Morgan fingerprint density at radius 3 is 2.50 bits per heavy atom. The number of hydrogen-bond acceptors (Lipinski definition) is 0. The molecule has 0 saturated heterocycles. The zero-order valence-corrected chi connectivity index (χ0v) is 12.1. The van der Waals surface area contributed by atoms with Gasteiger partial charge in [-0.1, -0.05) is 49.3 Å². The fourth-order valence-corrected chi connectivity index (χ4v) is 4.11. The van der Waals surface area contributed by atoms with E-state index in [0.29, 0.717) is 0 Å². The highest BCUT2D eigenvalue weighted by atomic mass is 14.3. The van der Waals surface area contributed by atoms with Crippen LogP contribution in [0.15, 0.2) is 69.9 Å². The number of rotatable bonds is 0. The van der Waals surface area contributed by atoms with Crippen molar-refractivity contribution in [3.63, 3.8) is 0 Å². The standard InChI is InChI=1S/C20H22/c1-2-6-12-17-16(11-5-1)18-13-7-3-4-9-15-10-8-14-19(17)20(15)18/h3-4,7,9,13-14H,1-2,5-6,8,10-12H2. The molecule has 0 unspecified atom stereocenters. The van der Waals surface area contributed by atoms with E-state index >= 15 is 0 Å². The Bertz CT molecular complexity index is 614. The monoisotopic (exact) mass is 262 g/mol. The van der Waals surface area contributed by atoms with Crippen molar-refractivity contribution in [1.82, 2.24) is 0 Å². The molecule has 0 heteroatoms. The van der Waals surface area contributed by atoms with Crippen molar-refractivity contribution in [1.29, 1.82) is 0 Å². The van der Waals surface area contributed by atoms with Crippen LogP contribution in [-0.4, -0.2) is 0 Å². The van der Waals surface area contributed by atoms with Crippen LogP contribution in [0.2, 0.25) is 0 Å². The van der Waals surface area contributed by atoms with E-state index in [9.17, 15) is 0 Å². The SMILES string of the molecule is C1=CC=C2CCC=C3C4=C(CCCCCC4)C(=C23)C=C1. The van der Waals surface area contributed by atoms with Gasteiger partial charge in [0.25, 0.3) is 0 Å². The van der Waals surface area contributed by atoms with Crippen molar-refractivity contribution >= 4 is 0 Å². The molecule has 0 aromatic heterocycles. The minimum absolute atomic E-state index is 1.21. The Kier molecular flexibility index (Phi) is 3.10. The molecular weight excluding hydrogens is 240 g/mol. The van der Waals surface area contributed by atoms with E-state index in [1.165, 1.54) is 51.4 Å². The number of allylic oxidation sites excluding steroid dienone is 12. The quantitative estimate of drug-likeness (QED) is 0.523. The van der Waals surface area contributed by atoms with E-state index in [1.807, 2.05) is 0 Å². The fourth-order valence-electron chi connectivity index (χ4n) is 4.11. The molecule has 4 aliphatic carbocycles. The van der Waals surface area contributed by atoms with E-state index < -0.39 is 0 Å². The molecule has 0 aromatic rings. The van der Waals surface area contributed by atoms with Gasteiger partial charge in [0.1, 0.15) is 0 Å². The third kappa shape index (κ3) is 1.90. The molecule has 0 bridgehead atoms.